The average Bonchev–Trinajstić information content (AvgIpc) is 2.68. The lowest BCUT2D eigenvalue weighted by molar-refractivity contribution is 0.0975. The summed E-state index contributed by atoms with van der Waals surface area (Å²) in [5.41, 5.74) is 4.90. The molecule has 0 spiro atoms. The fraction of sp³-hybridized carbons (Fsp3) is 0.208. The molecule has 1 amide bonds. The summed E-state index contributed by atoms with van der Waals surface area (Å²) in [4.78, 5) is 15.2. The lowest BCUT2D eigenvalue weighted by Crippen LogP contribution is -2.43. The molecule has 0 radical (unpaired) electrons. The Morgan fingerprint density at radius 2 is 1.44 bits per heavy atom. The molecule has 3 nitrogen and oxygen atoms in total. The standard InChI is InChI=1S/C24H24N2O/c1-24(2,3)18-15-13-17(14-16-18)22-25-21-12-8-7-11-20(21)23(27)26(22)19-9-5-4-6-10-19/h4-16,22,25H,1-3H3. The van der Waals surface area contributed by atoms with Gasteiger partial charge in [-0.25, -0.2) is 0 Å². The summed E-state index contributed by atoms with van der Waals surface area (Å²) in [7, 11) is 0. The van der Waals surface area contributed by atoms with Crippen molar-refractivity contribution in [2.45, 2.75) is 32.4 Å². The van der Waals surface area contributed by atoms with Crippen LogP contribution in [0, 0.1) is 0 Å². The van der Waals surface area contributed by atoms with Gasteiger partial charge in [0.25, 0.3) is 5.91 Å². The molecule has 3 aromatic rings. The predicted molar refractivity (Wildman–Crippen MR) is 111 cm³/mol. The summed E-state index contributed by atoms with van der Waals surface area (Å²) < 4.78 is 0. The molecule has 136 valence electrons. The highest BCUT2D eigenvalue weighted by Gasteiger charge is 2.33. The molecule has 0 bridgehead atoms. The summed E-state index contributed by atoms with van der Waals surface area (Å²) in [5, 5.41) is 3.56. The molecule has 1 N–H and O–H groups in total. The SMILES string of the molecule is CC(C)(C)c1ccc(C2Nc3ccccc3C(=O)N2c2ccccc2)cc1. The number of rotatable bonds is 2. The molecule has 0 saturated heterocycles. The molecule has 1 unspecified atom stereocenters. The Kier molecular flexibility index (Phi) is 4.23. The molecule has 0 saturated carbocycles. The third kappa shape index (κ3) is 3.21. The number of hydrogen-bond acceptors (Lipinski definition) is 2. The zero-order chi connectivity index (χ0) is 19.0. The maximum atomic E-state index is 13.3. The lowest BCUT2D eigenvalue weighted by Gasteiger charge is -2.38. The molecule has 4 rings (SSSR count). The van der Waals surface area contributed by atoms with Gasteiger partial charge in [0.15, 0.2) is 0 Å². The van der Waals surface area contributed by atoms with E-state index in [9.17, 15) is 4.79 Å². The van der Waals surface area contributed by atoms with Gasteiger partial charge < -0.3 is 5.32 Å². The Morgan fingerprint density at radius 3 is 2.11 bits per heavy atom. The molecular formula is C24H24N2O. The third-order valence-electron chi connectivity index (χ3n) is 5.05. The summed E-state index contributed by atoms with van der Waals surface area (Å²) in [6, 6.07) is 26.1. The highest BCUT2D eigenvalue weighted by molar-refractivity contribution is 6.12. The fourth-order valence-electron chi connectivity index (χ4n) is 3.51. The van der Waals surface area contributed by atoms with Crippen molar-refractivity contribution in [2.24, 2.45) is 0 Å². The Bertz CT molecular complexity index is 956. The van der Waals surface area contributed by atoms with Crippen molar-refractivity contribution in [3.05, 3.63) is 95.6 Å². The van der Waals surface area contributed by atoms with E-state index in [1.54, 1.807) is 0 Å². The van der Waals surface area contributed by atoms with Gasteiger partial charge in [-0.1, -0.05) is 75.4 Å². The summed E-state index contributed by atoms with van der Waals surface area (Å²) >= 11 is 0. The number of amides is 1. The number of carbonyl (C=O) groups is 1. The first kappa shape index (κ1) is 17.3. The van der Waals surface area contributed by atoms with Gasteiger partial charge in [0.1, 0.15) is 6.17 Å². The first-order chi connectivity index (χ1) is 12.9. The van der Waals surface area contributed by atoms with Crippen LogP contribution < -0.4 is 10.2 Å². The number of carbonyl (C=O) groups excluding carboxylic acids is 1. The van der Waals surface area contributed by atoms with Gasteiger partial charge >= 0.3 is 0 Å². The highest BCUT2D eigenvalue weighted by Crippen LogP contribution is 2.37. The van der Waals surface area contributed by atoms with Crippen molar-refractivity contribution in [3.63, 3.8) is 0 Å². The van der Waals surface area contributed by atoms with Gasteiger partial charge in [0.2, 0.25) is 0 Å². The molecule has 3 aromatic carbocycles. The van der Waals surface area contributed by atoms with E-state index in [0.29, 0.717) is 5.56 Å². The van der Waals surface area contributed by atoms with Crippen LogP contribution in [0.1, 0.15) is 48.4 Å². The maximum Gasteiger partial charge on any atom is 0.262 e. The monoisotopic (exact) mass is 356 g/mol. The zero-order valence-corrected chi connectivity index (χ0v) is 15.9. The molecular weight excluding hydrogens is 332 g/mol. The summed E-state index contributed by atoms with van der Waals surface area (Å²) in [6.45, 7) is 6.62. The number of hydrogen-bond donors (Lipinski definition) is 1. The number of nitrogens with zero attached hydrogens (tertiary/aromatic N) is 1. The second-order valence-corrected chi connectivity index (χ2v) is 7.98. The van der Waals surface area contributed by atoms with Crippen LogP contribution in [0.5, 0.6) is 0 Å². The Labute approximate surface area is 160 Å². The maximum absolute atomic E-state index is 13.3. The van der Waals surface area contributed by atoms with Crippen LogP contribution in [0.25, 0.3) is 0 Å². The number of nitrogens with one attached hydrogen (secondary N) is 1. The Morgan fingerprint density at radius 1 is 0.815 bits per heavy atom. The van der Waals surface area contributed by atoms with Crippen LogP contribution in [0.2, 0.25) is 0 Å². The van der Waals surface area contributed by atoms with E-state index < -0.39 is 0 Å². The third-order valence-corrected chi connectivity index (χ3v) is 5.05. The van der Waals surface area contributed by atoms with Gasteiger partial charge in [-0.2, -0.15) is 0 Å². The van der Waals surface area contributed by atoms with E-state index >= 15 is 0 Å². The second kappa shape index (κ2) is 6.58. The number of fused-ring (bicyclic) bond motifs is 1. The van der Waals surface area contributed by atoms with Crippen LogP contribution in [0.3, 0.4) is 0 Å². The predicted octanol–water partition coefficient (Wildman–Crippen LogP) is 5.76. The van der Waals surface area contributed by atoms with E-state index in [0.717, 1.165) is 16.9 Å². The van der Waals surface area contributed by atoms with E-state index in [2.05, 4.69) is 50.4 Å². The van der Waals surface area contributed by atoms with Crippen molar-refractivity contribution >= 4 is 17.3 Å². The summed E-state index contributed by atoms with van der Waals surface area (Å²) in [6.07, 6.45) is -0.246. The molecule has 0 fully saturated rings. The molecule has 1 aliphatic rings. The fourth-order valence-corrected chi connectivity index (χ4v) is 3.51. The van der Waals surface area contributed by atoms with Crippen molar-refractivity contribution < 1.29 is 4.79 Å². The average molecular weight is 356 g/mol. The zero-order valence-electron chi connectivity index (χ0n) is 15.9. The van der Waals surface area contributed by atoms with Crippen molar-refractivity contribution in [1.29, 1.82) is 0 Å². The summed E-state index contributed by atoms with van der Waals surface area (Å²) in [5.74, 6) is 0.0143. The molecule has 1 aliphatic heterocycles. The second-order valence-electron chi connectivity index (χ2n) is 7.98. The topological polar surface area (TPSA) is 32.3 Å². The Balaban J connectivity index is 1.80. The van der Waals surface area contributed by atoms with Gasteiger partial charge in [-0.3, -0.25) is 9.69 Å². The molecule has 0 aliphatic carbocycles. The quantitative estimate of drug-likeness (QED) is 0.633. The van der Waals surface area contributed by atoms with Gasteiger partial charge in [-0.15, -0.1) is 0 Å². The first-order valence-corrected chi connectivity index (χ1v) is 9.30. The minimum atomic E-state index is -0.246. The number of anilines is 2. The van der Waals surface area contributed by atoms with E-state index in [1.807, 2.05) is 59.5 Å². The number of para-hydroxylation sites is 2. The normalized spacial score (nSPS) is 16.6. The van der Waals surface area contributed by atoms with Crippen LogP contribution >= 0.6 is 0 Å². The highest BCUT2D eigenvalue weighted by atomic mass is 16.2. The van der Waals surface area contributed by atoms with E-state index in [-0.39, 0.29) is 17.5 Å². The lowest BCUT2D eigenvalue weighted by atomic mass is 9.86. The van der Waals surface area contributed by atoms with Gasteiger partial charge in [0, 0.05) is 11.4 Å². The molecule has 27 heavy (non-hydrogen) atoms. The van der Waals surface area contributed by atoms with Crippen LogP contribution in [-0.4, -0.2) is 5.91 Å². The van der Waals surface area contributed by atoms with Gasteiger partial charge in [0.05, 0.1) is 5.56 Å². The smallest absolute Gasteiger partial charge is 0.262 e. The van der Waals surface area contributed by atoms with E-state index in [1.165, 1.54) is 5.56 Å². The van der Waals surface area contributed by atoms with Gasteiger partial charge in [-0.05, 0) is 40.8 Å². The number of benzene rings is 3. The minimum absolute atomic E-state index is 0.0143. The van der Waals surface area contributed by atoms with Crippen molar-refractivity contribution in [2.75, 3.05) is 10.2 Å². The van der Waals surface area contributed by atoms with Crippen LogP contribution in [0.4, 0.5) is 11.4 Å². The first-order valence-electron chi connectivity index (χ1n) is 9.30. The van der Waals surface area contributed by atoms with Crippen LogP contribution in [-0.2, 0) is 5.41 Å². The Hall–Kier alpha value is -3.07. The molecule has 1 heterocycles. The largest absolute Gasteiger partial charge is 0.360 e. The van der Waals surface area contributed by atoms with Crippen LogP contribution in [0.15, 0.2) is 78.9 Å². The molecule has 3 heteroatoms. The molecule has 1 atom stereocenters. The minimum Gasteiger partial charge on any atom is -0.360 e. The molecule has 0 aromatic heterocycles. The van der Waals surface area contributed by atoms with Crippen molar-refractivity contribution in [3.8, 4) is 0 Å². The van der Waals surface area contributed by atoms with Crippen molar-refractivity contribution in [1.82, 2.24) is 0 Å². The van der Waals surface area contributed by atoms with E-state index in [4.69, 9.17) is 0 Å².